The summed E-state index contributed by atoms with van der Waals surface area (Å²) < 4.78 is 22.2. The van der Waals surface area contributed by atoms with Crippen LogP contribution in [0.4, 0.5) is 10.1 Å². The fourth-order valence-corrected chi connectivity index (χ4v) is 7.74. The number of amides is 1. The number of carbonyl (C=O) groups excluding carboxylic acids is 1. The van der Waals surface area contributed by atoms with Crippen molar-refractivity contribution in [2.45, 2.75) is 69.8 Å². The number of aromatic nitrogens is 3. The summed E-state index contributed by atoms with van der Waals surface area (Å²) in [4.78, 5) is 15.3. The standard InChI is InChI=1S/C29H33FN4O2S/c1-18-13-22-7-3-5-9-25(22)33(18)28(35)17-37-29-32-31-27(16-36-26-10-6-4-8-24(26)30)34(29)19(2)23-15-20-11-12-21(23)14-20/h3-10,18-21,23H,11-17H2,1-2H3/t18-,19+,20+,21+,23-/m0/s1. The third-order valence-electron chi connectivity index (χ3n) is 8.55. The van der Waals surface area contributed by atoms with E-state index in [-0.39, 0.29) is 36.1 Å². The second kappa shape index (κ2) is 10.1. The first-order valence-corrected chi connectivity index (χ1v) is 14.3. The number of hydrogen-bond donors (Lipinski definition) is 0. The summed E-state index contributed by atoms with van der Waals surface area (Å²) in [7, 11) is 0. The van der Waals surface area contributed by atoms with E-state index in [0.29, 0.717) is 11.7 Å². The van der Waals surface area contributed by atoms with E-state index >= 15 is 0 Å². The lowest BCUT2D eigenvalue weighted by Gasteiger charge is -2.30. The number of anilines is 1. The first-order valence-electron chi connectivity index (χ1n) is 13.3. The smallest absolute Gasteiger partial charge is 0.237 e. The summed E-state index contributed by atoms with van der Waals surface area (Å²) in [6, 6.07) is 14.9. The van der Waals surface area contributed by atoms with E-state index in [1.807, 2.05) is 23.1 Å². The van der Waals surface area contributed by atoms with Crippen LogP contribution in [0.5, 0.6) is 5.75 Å². The average molecular weight is 521 g/mol. The molecule has 5 atom stereocenters. The van der Waals surface area contributed by atoms with Crippen molar-refractivity contribution in [2.24, 2.45) is 17.8 Å². The number of nitrogens with zero attached hydrogens (tertiary/aromatic N) is 4. The Kier molecular flexibility index (Phi) is 6.69. The van der Waals surface area contributed by atoms with Gasteiger partial charge in [-0.2, -0.15) is 0 Å². The molecule has 0 spiro atoms. The molecule has 6 rings (SSSR count). The van der Waals surface area contributed by atoms with Gasteiger partial charge in [0.15, 0.2) is 22.5 Å². The molecule has 2 aliphatic carbocycles. The highest BCUT2D eigenvalue weighted by Gasteiger charge is 2.43. The zero-order chi connectivity index (χ0) is 25.5. The van der Waals surface area contributed by atoms with Gasteiger partial charge in [0, 0.05) is 17.8 Å². The maximum absolute atomic E-state index is 14.2. The van der Waals surface area contributed by atoms with Gasteiger partial charge in [-0.05, 0) is 81.0 Å². The van der Waals surface area contributed by atoms with Crippen molar-refractivity contribution in [1.29, 1.82) is 0 Å². The van der Waals surface area contributed by atoms with Gasteiger partial charge in [0.05, 0.1) is 5.75 Å². The third kappa shape index (κ3) is 4.65. The number of fused-ring (bicyclic) bond motifs is 3. The van der Waals surface area contributed by atoms with Gasteiger partial charge in [-0.15, -0.1) is 10.2 Å². The van der Waals surface area contributed by atoms with Crippen LogP contribution in [-0.4, -0.2) is 32.5 Å². The first kappa shape index (κ1) is 24.5. The number of thioether (sulfide) groups is 1. The Morgan fingerprint density at radius 1 is 1.14 bits per heavy atom. The SMILES string of the molecule is C[C@H]([C@@H]1C[C@@H]2CC[C@@H]1C2)n1c(COc2ccccc2F)nnc1SCC(=O)N1c2ccccc2C[C@@H]1C. The number of halogens is 1. The number of hydrogen-bond acceptors (Lipinski definition) is 5. The van der Waals surface area contributed by atoms with Crippen LogP contribution < -0.4 is 9.64 Å². The van der Waals surface area contributed by atoms with Gasteiger partial charge in [-0.3, -0.25) is 9.36 Å². The molecule has 8 heteroatoms. The molecular weight excluding hydrogens is 487 g/mol. The molecule has 0 radical (unpaired) electrons. The van der Waals surface area contributed by atoms with Crippen LogP contribution in [0.1, 0.15) is 57.0 Å². The summed E-state index contributed by atoms with van der Waals surface area (Å²) in [5.74, 6) is 2.95. The zero-order valence-electron chi connectivity index (χ0n) is 21.3. The molecule has 3 aliphatic rings. The molecule has 2 aromatic carbocycles. The first-order chi connectivity index (χ1) is 18.0. The van der Waals surface area contributed by atoms with E-state index in [4.69, 9.17) is 4.74 Å². The minimum Gasteiger partial charge on any atom is -0.483 e. The van der Waals surface area contributed by atoms with Crippen molar-refractivity contribution in [3.05, 3.63) is 65.7 Å². The zero-order valence-corrected chi connectivity index (χ0v) is 22.2. The van der Waals surface area contributed by atoms with Gasteiger partial charge in [0.25, 0.3) is 0 Å². The summed E-state index contributed by atoms with van der Waals surface area (Å²) in [5, 5.41) is 9.69. The van der Waals surface area contributed by atoms with E-state index < -0.39 is 5.82 Å². The third-order valence-corrected chi connectivity index (χ3v) is 9.48. The fourth-order valence-electron chi connectivity index (χ4n) is 6.84. The van der Waals surface area contributed by atoms with E-state index in [1.54, 1.807) is 18.2 Å². The van der Waals surface area contributed by atoms with Gasteiger partial charge in [-0.1, -0.05) is 48.5 Å². The largest absolute Gasteiger partial charge is 0.483 e. The molecule has 3 aromatic rings. The minimum atomic E-state index is -0.394. The highest BCUT2D eigenvalue weighted by Crippen LogP contribution is 2.52. The normalized spacial score (nSPS) is 24.9. The van der Waals surface area contributed by atoms with Crippen LogP contribution in [0.3, 0.4) is 0 Å². The minimum absolute atomic E-state index is 0.0775. The van der Waals surface area contributed by atoms with Crippen LogP contribution in [-0.2, 0) is 17.8 Å². The predicted molar refractivity (Wildman–Crippen MR) is 142 cm³/mol. The summed E-state index contributed by atoms with van der Waals surface area (Å²) in [6.45, 7) is 4.47. The van der Waals surface area contributed by atoms with Crippen LogP contribution in [0.2, 0.25) is 0 Å². The molecule has 1 aromatic heterocycles. The lowest BCUT2D eigenvalue weighted by atomic mass is 9.84. The van der Waals surface area contributed by atoms with Gasteiger partial charge in [-0.25, -0.2) is 4.39 Å². The second-order valence-corrected chi connectivity index (χ2v) is 11.7. The molecule has 37 heavy (non-hydrogen) atoms. The van der Waals surface area contributed by atoms with Crippen LogP contribution in [0.25, 0.3) is 0 Å². The van der Waals surface area contributed by atoms with Crippen molar-refractivity contribution in [3.63, 3.8) is 0 Å². The molecule has 2 heterocycles. The molecular formula is C29H33FN4O2S. The Morgan fingerprint density at radius 3 is 2.73 bits per heavy atom. The van der Waals surface area contributed by atoms with Crippen LogP contribution in [0, 0.1) is 23.6 Å². The maximum atomic E-state index is 14.2. The Labute approximate surface area is 221 Å². The highest BCUT2D eigenvalue weighted by atomic mass is 32.2. The van der Waals surface area contributed by atoms with Crippen molar-refractivity contribution in [1.82, 2.24) is 14.8 Å². The van der Waals surface area contributed by atoms with Crippen molar-refractivity contribution in [2.75, 3.05) is 10.7 Å². The van der Waals surface area contributed by atoms with Gasteiger partial charge >= 0.3 is 0 Å². The molecule has 2 bridgehead atoms. The van der Waals surface area contributed by atoms with Crippen LogP contribution >= 0.6 is 11.8 Å². The molecule has 0 unspecified atom stereocenters. The van der Waals surface area contributed by atoms with Crippen molar-refractivity contribution >= 4 is 23.4 Å². The van der Waals surface area contributed by atoms with E-state index in [1.165, 1.54) is 49.1 Å². The average Bonchev–Trinajstić information content (AvgIpc) is 3.68. The van der Waals surface area contributed by atoms with E-state index in [2.05, 4.69) is 34.7 Å². The van der Waals surface area contributed by atoms with Gasteiger partial charge < -0.3 is 9.64 Å². The highest BCUT2D eigenvalue weighted by molar-refractivity contribution is 7.99. The second-order valence-electron chi connectivity index (χ2n) is 10.8. The Balaban J connectivity index is 1.22. The lowest BCUT2D eigenvalue weighted by molar-refractivity contribution is -0.116. The monoisotopic (exact) mass is 520 g/mol. The molecule has 2 fully saturated rings. The summed E-state index contributed by atoms with van der Waals surface area (Å²) >= 11 is 1.44. The van der Waals surface area contributed by atoms with Gasteiger partial charge in [0.1, 0.15) is 6.61 Å². The van der Waals surface area contributed by atoms with E-state index in [9.17, 15) is 9.18 Å². The number of rotatable bonds is 8. The topological polar surface area (TPSA) is 60.2 Å². The molecule has 6 nitrogen and oxygen atoms in total. The fraction of sp³-hybridized carbons (Fsp3) is 0.483. The summed E-state index contributed by atoms with van der Waals surface area (Å²) in [6.07, 6.45) is 6.04. The van der Waals surface area contributed by atoms with Crippen LogP contribution in [0.15, 0.2) is 53.7 Å². The molecule has 2 saturated carbocycles. The molecule has 1 aliphatic heterocycles. The predicted octanol–water partition coefficient (Wildman–Crippen LogP) is 6.06. The Bertz CT molecular complexity index is 1300. The summed E-state index contributed by atoms with van der Waals surface area (Å²) in [5.41, 5.74) is 2.23. The number of ether oxygens (including phenoxy) is 1. The lowest BCUT2D eigenvalue weighted by Crippen LogP contribution is -2.37. The number of benzene rings is 2. The molecule has 1 amide bonds. The van der Waals surface area contributed by atoms with E-state index in [0.717, 1.165) is 29.1 Å². The molecule has 0 N–H and O–H groups in total. The van der Waals surface area contributed by atoms with Crippen molar-refractivity contribution < 1.29 is 13.9 Å². The maximum Gasteiger partial charge on any atom is 0.237 e. The molecule has 194 valence electrons. The number of para-hydroxylation sites is 2. The van der Waals surface area contributed by atoms with Crippen molar-refractivity contribution in [3.8, 4) is 5.75 Å². The Morgan fingerprint density at radius 2 is 1.95 bits per heavy atom. The molecule has 0 saturated heterocycles. The number of carbonyl (C=O) groups is 1. The van der Waals surface area contributed by atoms with Gasteiger partial charge in [0.2, 0.25) is 5.91 Å². The Hall–Kier alpha value is -2.87. The quantitative estimate of drug-likeness (QED) is 0.338.